The molecule has 206 valence electrons. The van der Waals surface area contributed by atoms with Gasteiger partial charge in [0.1, 0.15) is 18.1 Å². The van der Waals surface area contributed by atoms with E-state index in [1.807, 2.05) is 6.92 Å². The second-order valence-electron chi connectivity index (χ2n) is 8.67. The van der Waals surface area contributed by atoms with Crippen LogP contribution in [0.1, 0.15) is 16.9 Å². The van der Waals surface area contributed by atoms with Gasteiger partial charge in [0.15, 0.2) is 6.61 Å². The third-order valence-corrected chi connectivity index (χ3v) is 7.42. The number of nitrogens with zero attached hydrogens (tertiary/aromatic N) is 2. The molecular weight excluding hydrogens is 532 g/mol. The Kier molecular flexibility index (Phi) is 9.31. The summed E-state index contributed by atoms with van der Waals surface area (Å²) >= 11 is 0. The molecule has 0 bridgehead atoms. The molecule has 40 heavy (non-hydrogen) atoms. The summed E-state index contributed by atoms with van der Waals surface area (Å²) in [6.07, 6.45) is 2.95. The van der Waals surface area contributed by atoms with Crippen LogP contribution >= 0.6 is 0 Å². The monoisotopic (exact) mass is 560 g/mol. The van der Waals surface area contributed by atoms with Crippen molar-refractivity contribution < 1.29 is 27.2 Å². The van der Waals surface area contributed by atoms with E-state index in [1.54, 1.807) is 78.9 Å². The molecule has 0 saturated carbocycles. The lowest BCUT2D eigenvalue weighted by atomic mass is 10.2. The highest BCUT2D eigenvalue weighted by atomic mass is 32.2. The van der Waals surface area contributed by atoms with Gasteiger partial charge in [0.25, 0.3) is 21.8 Å². The first kappa shape index (κ1) is 28.1. The Bertz CT molecular complexity index is 1540. The molecule has 0 aliphatic rings. The molecule has 0 unspecified atom stereocenters. The van der Waals surface area contributed by atoms with Gasteiger partial charge in [0, 0.05) is 0 Å². The summed E-state index contributed by atoms with van der Waals surface area (Å²) in [5, 5.41) is 6.64. The van der Waals surface area contributed by atoms with E-state index in [0.717, 1.165) is 9.87 Å². The van der Waals surface area contributed by atoms with Crippen LogP contribution in [0.15, 0.2) is 112 Å². The Labute approximate surface area is 232 Å². The lowest BCUT2D eigenvalue weighted by molar-refractivity contribution is -0.123. The number of benzene rings is 3. The molecule has 0 radical (unpaired) electrons. The predicted octanol–water partition coefficient (Wildman–Crippen LogP) is 3.63. The average molecular weight is 561 g/mol. The number of rotatable bonds is 12. The fraction of sp³-hybridized carbons (Fsp3) is 0.138. The quantitative estimate of drug-likeness (QED) is 0.201. The highest BCUT2D eigenvalue weighted by molar-refractivity contribution is 7.92. The maximum Gasteiger partial charge on any atom is 0.264 e. The van der Waals surface area contributed by atoms with Gasteiger partial charge in [0.2, 0.25) is 0 Å². The number of hydrogen-bond acceptors (Lipinski definition) is 7. The van der Waals surface area contributed by atoms with Gasteiger partial charge >= 0.3 is 0 Å². The van der Waals surface area contributed by atoms with Gasteiger partial charge in [-0.2, -0.15) is 5.10 Å². The van der Waals surface area contributed by atoms with Crippen molar-refractivity contribution in [2.75, 3.05) is 17.5 Å². The third-order valence-electron chi connectivity index (χ3n) is 5.63. The summed E-state index contributed by atoms with van der Waals surface area (Å²) in [5.74, 6) is 0.217. The van der Waals surface area contributed by atoms with Crippen molar-refractivity contribution in [2.45, 2.75) is 18.4 Å². The van der Waals surface area contributed by atoms with Crippen molar-refractivity contribution in [2.24, 2.45) is 5.10 Å². The zero-order valence-corrected chi connectivity index (χ0v) is 22.5. The number of nitrogens with one attached hydrogen (secondary N) is 2. The maximum absolute atomic E-state index is 13.4. The van der Waals surface area contributed by atoms with Crippen LogP contribution in [-0.2, 0) is 26.2 Å². The van der Waals surface area contributed by atoms with Crippen LogP contribution in [0, 0.1) is 6.92 Å². The first-order valence-electron chi connectivity index (χ1n) is 12.3. The van der Waals surface area contributed by atoms with Gasteiger partial charge < -0.3 is 14.5 Å². The number of para-hydroxylation sites is 1. The van der Waals surface area contributed by atoms with E-state index >= 15 is 0 Å². The summed E-state index contributed by atoms with van der Waals surface area (Å²) in [5.41, 5.74) is 4.31. The van der Waals surface area contributed by atoms with Crippen molar-refractivity contribution in [1.82, 2.24) is 10.7 Å². The molecule has 3 aromatic carbocycles. The van der Waals surface area contributed by atoms with Crippen LogP contribution < -0.4 is 19.8 Å². The molecule has 2 N–H and O–H groups in total. The molecule has 1 heterocycles. The van der Waals surface area contributed by atoms with Crippen molar-refractivity contribution in [3.63, 3.8) is 0 Å². The second kappa shape index (κ2) is 13.3. The van der Waals surface area contributed by atoms with Gasteiger partial charge in [-0.15, -0.1) is 0 Å². The van der Waals surface area contributed by atoms with Crippen molar-refractivity contribution >= 4 is 33.7 Å². The van der Waals surface area contributed by atoms with E-state index in [0.29, 0.717) is 22.8 Å². The molecule has 1 aromatic heterocycles. The van der Waals surface area contributed by atoms with E-state index in [4.69, 9.17) is 9.15 Å². The number of anilines is 1. The summed E-state index contributed by atoms with van der Waals surface area (Å²) in [7, 11) is -4.00. The van der Waals surface area contributed by atoms with Gasteiger partial charge in [-0.1, -0.05) is 35.9 Å². The standard InChI is InChI=1S/C29H28N4O6S/c1-22-9-15-27(16-10-22)40(36,37)33(24-6-3-2-4-7-24)20-28(34)32-31-18-23-11-13-25(14-12-23)39-21-29(35)30-19-26-8-5-17-38-26/h2-18H,19-21H2,1H3,(H,30,35)(H,32,34)/b31-18+. The van der Waals surface area contributed by atoms with Crippen LogP contribution in [0.5, 0.6) is 5.75 Å². The number of amides is 2. The van der Waals surface area contributed by atoms with E-state index in [9.17, 15) is 18.0 Å². The Morgan fingerprint density at radius 3 is 2.33 bits per heavy atom. The molecule has 0 spiro atoms. The topological polar surface area (TPSA) is 130 Å². The fourth-order valence-electron chi connectivity index (χ4n) is 3.54. The number of sulfonamides is 1. The lowest BCUT2D eigenvalue weighted by Gasteiger charge is -2.23. The first-order chi connectivity index (χ1) is 19.3. The van der Waals surface area contributed by atoms with Crippen molar-refractivity contribution in [3.8, 4) is 5.75 Å². The number of hydrogen-bond donors (Lipinski definition) is 2. The summed E-state index contributed by atoms with van der Waals surface area (Å²) in [4.78, 5) is 24.7. The molecule has 4 aromatic rings. The molecule has 0 aliphatic carbocycles. The van der Waals surface area contributed by atoms with Crippen molar-refractivity contribution in [3.05, 3.63) is 114 Å². The Morgan fingerprint density at radius 1 is 0.925 bits per heavy atom. The summed E-state index contributed by atoms with van der Waals surface area (Å²) < 4.78 is 38.4. The number of furan rings is 1. The van der Waals surface area contributed by atoms with Gasteiger partial charge in [0.05, 0.1) is 29.6 Å². The average Bonchev–Trinajstić information content (AvgIpc) is 3.49. The molecule has 11 heteroatoms. The number of ether oxygens (including phenoxy) is 1. The number of carbonyl (C=O) groups is 2. The molecule has 2 amide bonds. The van der Waals surface area contributed by atoms with Crippen molar-refractivity contribution in [1.29, 1.82) is 0 Å². The zero-order valence-electron chi connectivity index (χ0n) is 21.7. The van der Waals surface area contributed by atoms with Crippen LogP contribution in [0.3, 0.4) is 0 Å². The summed E-state index contributed by atoms with van der Waals surface area (Å²) in [6, 6.07) is 25.0. The van der Waals surface area contributed by atoms with Gasteiger partial charge in [-0.05, 0) is 73.2 Å². The molecule has 4 rings (SSSR count). The van der Waals surface area contributed by atoms with Crippen LogP contribution in [0.4, 0.5) is 5.69 Å². The normalized spacial score (nSPS) is 11.2. The third kappa shape index (κ3) is 7.81. The van der Waals surface area contributed by atoms with E-state index in [1.165, 1.54) is 24.6 Å². The van der Waals surface area contributed by atoms with Crippen LogP contribution in [-0.4, -0.2) is 39.6 Å². The van der Waals surface area contributed by atoms with Gasteiger partial charge in [-0.25, -0.2) is 13.8 Å². The molecule has 0 aliphatic heterocycles. The number of hydrazone groups is 1. The number of aryl methyl sites for hydroxylation is 1. The smallest absolute Gasteiger partial charge is 0.264 e. The van der Waals surface area contributed by atoms with Crippen LogP contribution in [0.2, 0.25) is 0 Å². The fourth-order valence-corrected chi connectivity index (χ4v) is 4.96. The first-order valence-corrected chi connectivity index (χ1v) is 13.7. The number of carbonyl (C=O) groups excluding carboxylic acids is 2. The molecule has 0 atom stereocenters. The van der Waals surface area contributed by atoms with E-state index < -0.39 is 22.5 Å². The highest BCUT2D eigenvalue weighted by Gasteiger charge is 2.27. The molecular formula is C29H28N4O6S. The van der Waals surface area contributed by atoms with Gasteiger partial charge in [-0.3, -0.25) is 13.9 Å². The van der Waals surface area contributed by atoms with Crippen LogP contribution in [0.25, 0.3) is 0 Å². The Morgan fingerprint density at radius 2 is 1.65 bits per heavy atom. The maximum atomic E-state index is 13.4. The summed E-state index contributed by atoms with van der Waals surface area (Å²) in [6.45, 7) is 1.51. The SMILES string of the molecule is Cc1ccc(S(=O)(=O)N(CC(=O)N/N=C/c2ccc(OCC(=O)NCc3ccco3)cc2)c2ccccc2)cc1. The minimum absolute atomic E-state index is 0.0792. The molecule has 0 fully saturated rings. The molecule has 0 saturated heterocycles. The van der Waals surface area contributed by atoms with E-state index in [-0.39, 0.29) is 24.0 Å². The largest absolute Gasteiger partial charge is 0.484 e. The Hall–Kier alpha value is -4.90. The van der Waals surface area contributed by atoms with E-state index in [2.05, 4.69) is 15.8 Å². The zero-order chi connectivity index (χ0) is 28.4. The predicted molar refractivity (Wildman–Crippen MR) is 150 cm³/mol. The minimum Gasteiger partial charge on any atom is -0.484 e. The minimum atomic E-state index is -4.00. The highest BCUT2D eigenvalue weighted by Crippen LogP contribution is 2.23. The molecule has 10 nitrogen and oxygen atoms in total. The second-order valence-corrected chi connectivity index (χ2v) is 10.5. The lowest BCUT2D eigenvalue weighted by Crippen LogP contribution is -2.39. The Balaban J connectivity index is 1.31.